The van der Waals surface area contributed by atoms with Gasteiger partial charge in [-0.2, -0.15) is 5.10 Å². The Bertz CT molecular complexity index is 2760. The van der Waals surface area contributed by atoms with Crippen molar-refractivity contribution >= 4 is 75.8 Å². The number of anilines is 3. The summed E-state index contributed by atoms with van der Waals surface area (Å²) in [5.74, 6) is -1.10. The van der Waals surface area contributed by atoms with Gasteiger partial charge in [0.2, 0.25) is 23.6 Å². The smallest absolute Gasteiger partial charge is 0.271 e. The molecule has 0 bridgehead atoms. The van der Waals surface area contributed by atoms with E-state index >= 15 is 0 Å². The number of imide groups is 1. The number of carbonyl (C=O) groups excluding carboxylic acids is 6. The van der Waals surface area contributed by atoms with Gasteiger partial charge in [-0.3, -0.25) is 39.1 Å². The van der Waals surface area contributed by atoms with E-state index < -0.39 is 23.5 Å². The molecule has 0 saturated carbocycles. The fourth-order valence-electron chi connectivity index (χ4n) is 9.60. The van der Waals surface area contributed by atoms with Crippen LogP contribution in [0.5, 0.6) is 0 Å². The summed E-state index contributed by atoms with van der Waals surface area (Å²) < 4.78 is 1.45. The van der Waals surface area contributed by atoms with E-state index in [1.54, 1.807) is 41.4 Å². The Balaban J connectivity index is 0.684. The van der Waals surface area contributed by atoms with Gasteiger partial charge in [-0.05, 0) is 92.8 Å². The highest BCUT2D eigenvalue weighted by Crippen LogP contribution is 2.33. The van der Waals surface area contributed by atoms with Crippen molar-refractivity contribution in [1.82, 2.24) is 35.2 Å². The van der Waals surface area contributed by atoms with E-state index in [1.807, 2.05) is 53.4 Å². The van der Waals surface area contributed by atoms with Crippen molar-refractivity contribution < 1.29 is 33.9 Å². The van der Waals surface area contributed by atoms with Gasteiger partial charge in [0.05, 0.1) is 32.6 Å². The fourth-order valence-corrected chi connectivity index (χ4v) is 10.2. The van der Waals surface area contributed by atoms with Crippen LogP contribution in [0.15, 0.2) is 97.2 Å². The Kier molecular flexibility index (Phi) is 18.4. The number of rotatable bonds is 21. The van der Waals surface area contributed by atoms with Gasteiger partial charge in [0, 0.05) is 94.3 Å². The molecule has 17 nitrogen and oxygen atoms in total. The number of pyridine rings is 1. The summed E-state index contributed by atoms with van der Waals surface area (Å²) in [7, 11) is 0. The molecule has 5 aromatic rings. The number of likely N-dealkylation sites (tertiary alicyclic amines) is 1. The quantitative estimate of drug-likeness (QED) is 0.0351. The number of aliphatic hydroxyl groups is 1. The molecular formula is C55H64Cl2N10O7. The van der Waals surface area contributed by atoms with E-state index in [1.165, 1.54) is 16.8 Å². The molecule has 0 radical (unpaired) electrons. The third-order valence-corrected chi connectivity index (χ3v) is 14.7. The van der Waals surface area contributed by atoms with Gasteiger partial charge >= 0.3 is 0 Å². The molecule has 5 heterocycles. The van der Waals surface area contributed by atoms with Gasteiger partial charge in [0.15, 0.2) is 5.69 Å². The first-order valence-corrected chi connectivity index (χ1v) is 26.5. The van der Waals surface area contributed by atoms with Gasteiger partial charge in [-0.25, -0.2) is 4.68 Å². The Morgan fingerprint density at radius 2 is 1.34 bits per heavy atom. The van der Waals surface area contributed by atoms with Crippen LogP contribution in [-0.2, 0) is 19.2 Å². The second-order valence-corrected chi connectivity index (χ2v) is 20.1. The molecule has 1 unspecified atom stereocenters. The number of amides is 6. The summed E-state index contributed by atoms with van der Waals surface area (Å²) in [5.41, 5.74) is 2.56. The zero-order valence-corrected chi connectivity index (χ0v) is 43.0. The summed E-state index contributed by atoms with van der Waals surface area (Å²) in [4.78, 5) is 87.2. The number of nitrogens with zero attached hydrogens (tertiary/aromatic N) is 6. The van der Waals surface area contributed by atoms with Crippen LogP contribution in [0, 0.1) is 0 Å². The molecule has 6 amide bonds. The minimum absolute atomic E-state index is 0.0247. The number of benzene rings is 3. The minimum Gasteiger partial charge on any atom is -0.388 e. The average Bonchev–Trinajstić information content (AvgIpc) is 3.84. The van der Waals surface area contributed by atoms with Gasteiger partial charge in [-0.1, -0.05) is 86.0 Å². The molecule has 2 aromatic heterocycles. The van der Waals surface area contributed by atoms with Crippen LogP contribution >= 0.6 is 23.2 Å². The van der Waals surface area contributed by atoms with E-state index in [0.29, 0.717) is 86.7 Å². The van der Waals surface area contributed by atoms with E-state index in [-0.39, 0.29) is 52.3 Å². The summed E-state index contributed by atoms with van der Waals surface area (Å²) in [5, 5.41) is 27.7. The van der Waals surface area contributed by atoms with Crippen molar-refractivity contribution in [1.29, 1.82) is 0 Å². The van der Waals surface area contributed by atoms with Crippen LogP contribution in [0.25, 0.3) is 16.9 Å². The lowest BCUT2D eigenvalue weighted by Crippen LogP contribution is -2.52. The Morgan fingerprint density at radius 3 is 1.97 bits per heavy atom. The summed E-state index contributed by atoms with van der Waals surface area (Å²) in [6, 6.07) is 26.4. The molecule has 3 aliphatic heterocycles. The lowest BCUT2D eigenvalue weighted by molar-refractivity contribution is -0.136. The number of hydrogen-bond acceptors (Lipinski definition) is 11. The molecule has 0 aliphatic carbocycles. The first kappa shape index (κ1) is 53.5. The number of piperidine rings is 2. The van der Waals surface area contributed by atoms with Crippen molar-refractivity contribution in [2.24, 2.45) is 0 Å². The molecule has 3 aliphatic rings. The monoisotopic (exact) mass is 1050 g/mol. The molecule has 8 rings (SSSR count). The molecule has 390 valence electrons. The van der Waals surface area contributed by atoms with Crippen LogP contribution in [-0.4, -0.2) is 123 Å². The van der Waals surface area contributed by atoms with E-state index in [9.17, 15) is 33.9 Å². The summed E-state index contributed by atoms with van der Waals surface area (Å²) in [6.45, 7) is 3.65. The van der Waals surface area contributed by atoms with Crippen LogP contribution in [0.2, 0.25) is 10.0 Å². The number of nitrogens with one attached hydrogen (secondary N) is 4. The topological polar surface area (TPSA) is 211 Å². The third-order valence-electron chi connectivity index (χ3n) is 14.0. The van der Waals surface area contributed by atoms with E-state index in [0.717, 1.165) is 75.8 Å². The predicted octanol–water partition coefficient (Wildman–Crippen LogP) is 8.04. The third kappa shape index (κ3) is 14.3. The second-order valence-electron chi connectivity index (χ2n) is 19.3. The Labute approximate surface area is 441 Å². The van der Waals surface area contributed by atoms with Crippen molar-refractivity contribution in [3.05, 3.63) is 118 Å². The zero-order valence-electron chi connectivity index (χ0n) is 41.5. The number of piperazine rings is 1. The highest BCUT2D eigenvalue weighted by Gasteiger charge is 2.35. The Morgan fingerprint density at radius 1 is 0.703 bits per heavy atom. The van der Waals surface area contributed by atoms with Gasteiger partial charge < -0.3 is 35.8 Å². The summed E-state index contributed by atoms with van der Waals surface area (Å²) in [6.07, 6.45) is 12.1. The van der Waals surface area contributed by atoms with Crippen LogP contribution < -0.4 is 26.2 Å². The van der Waals surface area contributed by atoms with E-state index in [4.69, 9.17) is 23.2 Å². The standard InChI is InChI=1S/C55H64Cl2N10O7/c56-43-35-44(57)42(34-41(43)45-16-12-13-27-58-45)52(71)61-48-36-47(63-67(48)40-14-8-7-9-15-40)53(72)59-37-55(74)25-28-65(29-26-55)50(69)17-10-5-3-1-2-4-6-11-18-51(70)66-32-30-64(31-33-66)39-21-19-38(20-22-39)60-46-23-24-49(68)62-54(46)73/h7-9,12-16,19-22,27,34-36,46,60,74H,1-6,10-11,17-18,23-26,28-33,37H2,(H,59,72)(H,61,71)(H,62,68,73). The molecule has 5 N–H and O–H groups in total. The van der Waals surface area contributed by atoms with Crippen molar-refractivity contribution in [3.8, 4) is 16.9 Å². The highest BCUT2D eigenvalue weighted by atomic mass is 35.5. The maximum absolute atomic E-state index is 13.7. The van der Waals surface area contributed by atoms with E-state index in [2.05, 4.69) is 36.2 Å². The number of hydrogen-bond donors (Lipinski definition) is 5. The lowest BCUT2D eigenvalue weighted by atomic mass is 9.91. The van der Waals surface area contributed by atoms with Gasteiger partial charge in [0.1, 0.15) is 11.9 Å². The molecular weight excluding hydrogens is 984 g/mol. The first-order valence-electron chi connectivity index (χ1n) is 25.7. The highest BCUT2D eigenvalue weighted by molar-refractivity contribution is 6.38. The average molecular weight is 1050 g/mol. The molecule has 3 saturated heterocycles. The molecule has 0 spiro atoms. The fraction of sp³-hybridized carbons (Fsp3) is 0.418. The summed E-state index contributed by atoms with van der Waals surface area (Å²) >= 11 is 13.0. The van der Waals surface area contributed by atoms with Gasteiger partial charge in [-0.15, -0.1) is 0 Å². The number of carbonyl (C=O) groups is 6. The molecule has 3 fully saturated rings. The minimum atomic E-state index is -1.21. The van der Waals surface area contributed by atoms with Crippen molar-refractivity contribution in [3.63, 3.8) is 0 Å². The molecule has 74 heavy (non-hydrogen) atoms. The van der Waals surface area contributed by atoms with Crippen LogP contribution in [0.4, 0.5) is 17.2 Å². The Hall–Kier alpha value is -6.82. The van der Waals surface area contributed by atoms with Gasteiger partial charge in [0.25, 0.3) is 11.8 Å². The largest absolute Gasteiger partial charge is 0.388 e. The zero-order chi connectivity index (χ0) is 52.0. The SMILES string of the molecule is O=C1CCC(Nc2ccc(N3CCN(C(=O)CCCCCCCCCCC(=O)N4CCC(O)(CNC(=O)c5cc(NC(=O)c6cc(-c7ccccn7)c(Cl)cc6Cl)n(-c6ccccc6)n5)CC4)CC3)cc2)C(=O)N1. The molecule has 19 heteroatoms. The van der Waals surface area contributed by atoms with Crippen LogP contribution in [0.3, 0.4) is 0 Å². The second kappa shape index (κ2) is 25.4. The maximum Gasteiger partial charge on any atom is 0.271 e. The number of para-hydroxylation sites is 1. The first-order chi connectivity index (χ1) is 35.8. The van der Waals surface area contributed by atoms with Crippen molar-refractivity contribution in [2.45, 2.75) is 102 Å². The maximum atomic E-state index is 13.7. The van der Waals surface area contributed by atoms with Crippen LogP contribution in [0.1, 0.15) is 111 Å². The molecule has 3 aromatic carbocycles. The number of unbranched alkanes of at least 4 members (excludes halogenated alkanes) is 7. The molecule has 1 atom stereocenters. The normalized spacial score (nSPS) is 16.6. The lowest BCUT2D eigenvalue weighted by Gasteiger charge is -2.38. The number of halogens is 2. The van der Waals surface area contributed by atoms with Crippen molar-refractivity contribution in [2.75, 3.05) is 61.3 Å². The number of aromatic nitrogens is 3. The predicted molar refractivity (Wildman–Crippen MR) is 286 cm³/mol.